The monoisotopic (exact) mass is 466 g/mol. The molecule has 4 bridgehead atoms. The Kier molecular flexibility index (Phi) is 5.82. The molecule has 0 spiro atoms. The number of morpholine rings is 1. The molecule has 0 amide bonds. The number of anilines is 1. The van der Waals surface area contributed by atoms with E-state index in [0.29, 0.717) is 32.0 Å². The summed E-state index contributed by atoms with van der Waals surface area (Å²) in [4.78, 5) is 6.31. The summed E-state index contributed by atoms with van der Waals surface area (Å²) in [6.07, 6.45) is -11.7. The van der Waals surface area contributed by atoms with Crippen molar-refractivity contribution in [2.75, 3.05) is 24.7 Å². The Morgan fingerprint density at radius 2 is 1.81 bits per heavy atom. The molecule has 1 N–H and O–H groups in total. The Hall–Kier alpha value is -2.41. The highest BCUT2D eigenvalue weighted by Gasteiger charge is 2.69. The molecule has 0 aromatic carbocycles. The molecule has 2 aliphatic heterocycles. The van der Waals surface area contributed by atoms with Crippen molar-refractivity contribution in [1.29, 1.82) is 0 Å². The van der Waals surface area contributed by atoms with E-state index in [9.17, 15) is 31.4 Å². The number of aliphatic hydroxyl groups is 1. The van der Waals surface area contributed by atoms with E-state index < -0.39 is 42.1 Å². The Balaban J connectivity index is 1.84. The number of aromatic nitrogens is 3. The van der Waals surface area contributed by atoms with E-state index in [0.717, 1.165) is 0 Å². The summed E-state index contributed by atoms with van der Waals surface area (Å²) < 4.78 is 93.3. The van der Waals surface area contributed by atoms with E-state index in [2.05, 4.69) is 15.2 Å². The van der Waals surface area contributed by atoms with E-state index in [-0.39, 0.29) is 24.6 Å². The van der Waals surface area contributed by atoms with Gasteiger partial charge in [0.2, 0.25) is 5.60 Å². The van der Waals surface area contributed by atoms with Gasteiger partial charge >= 0.3 is 12.4 Å². The first-order chi connectivity index (χ1) is 15.0. The zero-order chi connectivity index (χ0) is 23.1. The number of fused-ring (bicyclic) bond motifs is 7. The maximum absolute atomic E-state index is 13.9. The Morgan fingerprint density at radius 3 is 2.53 bits per heavy atom. The molecule has 4 heterocycles. The minimum absolute atomic E-state index is 0.0170. The van der Waals surface area contributed by atoms with Crippen molar-refractivity contribution in [2.24, 2.45) is 5.92 Å². The Bertz CT molecular complexity index is 950. The average molecular weight is 466 g/mol. The fourth-order valence-corrected chi connectivity index (χ4v) is 4.18. The lowest BCUT2D eigenvalue weighted by Gasteiger charge is -2.37. The van der Waals surface area contributed by atoms with Crippen LogP contribution < -0.4 is 4.90 Å². The third-order valence-corrected chi connectivity index (χ3v) is 5.84. The predicted molar refractivity (Wildman–Crippen MR) is 97.4 cm³/mol. The van der Waals surface area contributed by atoms with Crippen molar-refractivity contribution in [3.63, 3.8) is 0 Å². The summed E-state index contributed by atoms with van der Waals surface area (Å²) in [5, 5.41) is 17.1. The lowest BCUT2D eigenvalue weighted by Crippen LogP contribution is -2.54. The SMILES string of the molecule is OC1(C(F)(F)F)c2nnc(o2)-c2cccc(n2)N2CCOCC2CCCCC1C(F)(F)F. The zero-order valence-electron chi connectivity index (χ0n) is 16.7. The van der Waals surface area contributed by atoms with Crippen LogP contribution in [0.2, 0.25) is 0 Å². The van der Waals surface area contributed by atoms with E-state index in [1.165, 1.54) is 6.07 Å². The highest BCUT2D eigenvalue weighted by atomic mass is 19.4. The minimum Gasteiger partial charge on any atom is -0.416 e. The summed E-state index contributed by atoms with van der Waals surface area (Å²) >= 11 is 0. The average Bonchev–Trinajstić information content (AvgIpc) is 3.22. The van der Waals surface area contributed by atoms with Gasteiger partial charge in [-0.15, -0.1) is 10.2 Å². The fraction of sp³-hybridized carbons (Fsp3) is 0.632. The number of alkyl halides is 6. The summed E-state index contributed by atoms with van der Waals surface area (Å²) in [5.41, 5.74) is -4.41. The maximum Gasteiger partial charge on any atom is 0.426 e. The standard InChI is InChI=1S/C19H20F6N4O3/c20-18(21,22)13-6-2-1-4-11-10-31-9-8-29(11)14-7-3-5-12(26-14)15-27-28-16(32-15)17(13,30)19(23,24)25/h3,5,7,11,13,30H,1-2,4,6,8-10H2. The van der Waals surface area contributed by atoms with Gasteiger partial charge in [-0.25, -0.2) is 4.98 Å². The Labute approximate surface area is 178 Å². The fourth-order valence-electron chi connectivity index (χ4n) is 4.18. The molecule has 3 atom stereocenters. The van der Waals surface area contributed by atoms with Gasteiger partial charge in [0.25, 0.3) is 11.8 Å². The van der Waals surface area contributed by atoms with Crippen LogP contribution in [0.1, 0.15) is 31.6 Å². The number of nitrogens with zero attached hydrogens (tertiary/aromatic N) is 4. The van der Waals surface area contributed by atoms with Gasteiger partial charge in [0.1, 0.15) is 17.4 Å². The molecular weight excluding hydrogens is 446 g/mol. The van der Waals surface area contributed by atoms with Crippen LogP contribution in [0.15, 0.2) is 22.6 Å². The van der Waals surface area contributed by atoms with Crippen LogP contribution in [-0.2, 0) is 10.3 Å². The van der Waals surface area contributed by atoms with Crippen LogP contribution in [0.4, 0.5) is 32.2 Å². The second-order valence-corrected chi connectivity index (χ2v) is 7.86. The van der Waals surface area contributed by atoms with Gasteiger partial charge in [-0.1, -0.05) is 18.9 Å². The molecule has 1 fully saturated rings. The van der Waals surface area contributed by atoms with Gasteiger partial charge in [-0.05, 0) is 25.0 Å². The van der Waals surface area contributed by atoms with Crippen molar-refractivity contribution < 1.29 is 40.6 Å². The van der Waals surface area contributed by atoms with Crippen LogP contribution in [0.25, 0.3) is 11.6 Å². The lowest BCUT2D eigenvalue weighted by molar-refractivity contribution is -0.340. The Morgan fingerprint density at radius 1 is 1.06 bits per heavy atom. The molecule has 2 aliphatic rings. The second-order valence-electron chi connectivity index (χ2n) is 7.86. The van der Waals surface area contributed by atoms with E-state index in [4.69, 9.17) is 9.15 Å². The van der Waals surface area contributed by atoms with E-state index in [1.807, 2.05) is 4.90 Å². The summed E-state index contributed by atoms with van der Waals surface area (Å²) in [5.74, 6) is -4.75. The van der Waals surface area contributed by atoms with Gasteiger partial charge in [0, 0.05) is 6.54 Å². The first kappa shape index (κ1) is 22.8. The predicted octanol–water partition coefficient (Wildman–Crippen LogP) is 3.84. The summed E-state index contributed by atoms with van der Waals surface area (Å²) in [6.45, 7) is 1.24. The first-order valence-electron chi connectivity index (χ1n) is 10.0. The molecule has 1 saturated heterocycles. The first-order valence-corrected chi connectivity index (χ1v) is 10.0. The third kappa shape index (κ3) is 4.03. The van der Waals surface area contributed by atoms with Gasteiger partial charge in [0.05, 0.1) is 19.3 Å². The van der Waals surface area contributed by atoms with Gasteiger partial charge < -0.3 is 19.2 Å². The number of pyridine rings is 1. The van der Waals surface area contributed by atoms with E-state index >= 15 is 0 Å². The smallest absolute Gasteiger partial charge is 0.416 e. The van der Waals surface area contributed by atoms with Crippen LogP contribution in [0, 0.1) is 5.92 Å². The van der Waals surface area contributed by atoms with Crippen LogP contribution >= 0.6 is 0 Å². The van der Waals surface area contributed by atoms with E-state index in [1.54, 1.807) is 12.1 Å². The molecule has 32 heavy (non-hydrogen) atoms. The molecule has 7 nitrogen and oxygen atoms in total. The highest BCUT2D eigenvalue weighted by molar-refractivity contribution is 5.53. The zero-order valence-corrected chi connectivity index (χ0v) is 16.7. The molecule has 2 aromatic heterocycles. The second kappa shape index (κ2) is 8.18. The molecule has 0 radical (unpaired) electrons. The molecule has 0 aliphatic carbocycles. The minimum atomic E-state index is -5.71. The quantitative estimate of drug-likeness (QED) is 0.591. The molecular formula is C19H20F6N4O3. The number of hydrogen-bond acceptors (Lipinski definition) is 7. The maximum atomic E-state index is 13.9. The number of rotatable bonds is 0. The summed E-state index contributed by atoms with van der Waals surface area (Å²) in [7, 11) is 0. The molecule has 2 aromatic rings. The lowest BCUT2D eigenvalue weighted by atomic mass is 9.81. The van der Waals surface area contributed by atoms with Gasteiger partial charge in [-0.3, -0.25) is 0 Å². The van der Waals surface area contributed by atoms with Crippen molar-refractivity contribution in [3.05, 3.63) is 24.1 Å². The van der Waals surface area contributed by atoms with Crippen LogP contribution in [0.5, 0.6) is 0 Å². The topological polar surface area (TPSA) is 84.5 Å². The summed E-state index contributed by atoms with van der Waals surface area (Å²) in [6, 6.07) is 4.46. The van der Waals surface area contributed by atoms with Gasteiger partial charge in [-0.2, -0.15) is 26.3 Å². The highest BCUT2D eigenvalue weighted by Crippen LogP contribution is 2.52. The van der Waals surface area contributed by atoms with Crippen molar-refractivity contribution in [1.82, 2.24) is 15.2 Å². The molecule has 3 unspecified atom stereocenters. The number of halogens is 6. The third-order valence-electron chi connectivity index (χ3n) is 5.84. The molecule has 0 saturated carbocycles. The van der Waals surface area contributed by atoms with Crippen LogP contribution in [-0.4, -0.2) is 58.4 Å². The normalized spacial score (nSPS) is 27.5. The van der Waals surface area contributed by atoms with Crippen LogP contribution in [0.3, 0.4) is 0 Å². The molecule has 4 rings (SSSR count). The van der Waals surface area contributed by atoms with Crippen molar-refractivity contribution >= 4 is 5.82 Å². The number of hydrogen-bond donors (Lipinski definition) is 1. The number of ether oxygens (including phenoxy) is 1. The largest absolute Gasteiger partial charge is 0.426 e. The molecule has 13 heteroatoms. The van der Waals surface area contributed by atoms with Gasteiger partial charge in [0.15, 0.2) is 0 Å². The molecule has 176 valence electrons. The van der Waals surface area contributed by atoms with Crippen molar-refractivity contribution in [2.45, 2.75) is 49.7 Å². The van der Waals surface area contributed by atoms with Crippen molar-refractivity contribution in [3.8, 4) is 11.6 Å².